The van der Waals surface area contributed by atoms with Gasteiger partial charge in [-0.25, -0.2) is 0 Å². The largest absolute Gasteiger partial charge is 1.00 e. The van der Waals surface area contributed by atoms with Crippen LogP contribution in [-0.2, 0) is 13.9 Å². The quantitative estimate of drug-likeness (QED) is 0.227. The van der Waals surface area contributed by atoms with Crippen LogP contribution < -0.4 is 74.2 Å². The van der Waals surface area contributed by atoms with E-state index < -0.39 is 20.5 Å². The van der Waals surface area contributed by atoms with Gasteiger partial charge in [-0.2, -0.15) is 11.8 Å². The fourth-order valence-corrected chi connectivity index (χ4v) is 3.08. The summed E-state index contributed by atoms with van der Waals surface area (Å²) in [6.45, 7) is 1.72. The Morgan fingerprint density at radius 2 is 1.88 bits per heavy atom. The summed E-state index contributed by atoms with van der Waals surface area (Å²) in [6.07, 6.45) is 3.33. The van der Waals surface area contributed by atoms with E-state index >= 15 is 0 Å². The summed E-state index contributed by atoms with van der Waals surface area (Å²) < 4.78 is 15.0. The van der Waals surface area contributed by atoms with Gasteiger partial charge in [0.2, 0.25) is 5.91 Å². The molecule has 0 aromatic heterocycles. The first-order valence-electron chi connectivity index (χ1n) is 7.51. The summed E-state index contributed by atoms with van der Waals surface area (Å²) in [5, 5.41) is 2.71. The molecule has 0 aliphatic heterocycles. The van der Waals surface area contributed by atoms with Crippen molar-refractivity contribution in [3.63, 3.8) is 0 Å². The third-order valence-corrected chi connectivity index (χ3v) is 4.57. The van der Waals surface area contributed by atoms with Crippen LogP contribution in [0.1, 0.15) is 37.8 Å². The molecule has 1 aromatic carbocycles. The van der Waals surface area contributed by atoms with Gasteiger partial charge in [-0.3, -0.25) is 4.79 Å². The third kappa shape index (κ3) is 14.8. The maximum Gasteiger partial charge on any atom is 1.00 e. The van der Waals surface area contributed by atoms with E-state index in [0.717, 1.165) is 25.0 Å². The van der Waals surface area contributed by atoms with Crippen molar-refractivity contribution in [2.24, 2.45) is 0 Å². The van der Waals surface area contributed by atoms with E-state index in [-0.39, 0.29) is 65.0 Å². The number of unbranched alkanes of at least 4 members (excludes halogenated alkanes) is 2. The zero-order valence-electron chi connectivity index (χ0n) is 15.1. The van der Waals surface area contributed by atoms with Gasteiger partial charge in [0.1, 0.15) is 0 Å². The number of carbonyl (C=O) groups excluding carboxylic acids is 1. The van der Waals surface area contributed by atoms with Crippen molar-refractivity contribution >= 4 is 25.5 Å². The molecule has 1 aromatic rings. The Kier molecular flexibility index (Phi) is 18.3. The molecule has 6 nitrogen and oxygen atoms in total. The predicted octanol–water partition coefficient (Wildman–Crippen LogP) is -4.38. The SMILES string of the molecule is CCCCCSCC(=O)N[C@@H](COP(=O)([O-])[O-])c1ccccc1.[Na+].[Na+]. The fourth-order valence-electron chi connectivity index (χ4n) is 1.93. The smallest absolute Gasteiger partial charge is 0.790 e. The summed E-state index contributed by atoms with van der Waals surface area (Å²) >= 11 is 1.53. The van der Waals surface area contributed by atoms with E-state index in [1.54, 1.807) is 30.3 Å². The zero-order valence-corrected chi connectivity index (χ0v) is 20.8. The van der Waals surface area contributed by atoms with Gasteiger partial charge in [0.05, 0.1) is 26.2 Å². The second kappa shape index (κ2) is 16.1. The number of thioether (sulfide) groups is 1. The van der Waals surface area contributed by atoms with Crippen molar-refractivity contribution in [1.29, 1.82) is 0 Å². The first-order chi connectivity index (χ1) is 10.9. The molecule has 130 valence electrons. The first-order valence-corrected chi connectivity index (χ1v) is 10.1. The van der Waals surface area contributed by atoms with Crippen LogP contribution in [0.4, 0.5) is 0 Å². The molecule has 10 heteroatoms. The van der Waals surface area contributed by atoms with E-state index in [9.17, 15) is 19.1 Å². The zero-order chi connectivity index (χ0) is 17.1. The van der Waals surface area contributed by atoms with Crippen molar-refractivity contribution in [3.8, 4) is 0 Å². The Morgan fingerprint density at radius 3 is 2.44 bits per heavy atom. The summed E-state index contributed by atoms with van der Waals surface area (Å²) in [5.74, 6) is 0.986. The van der Waals surface area contributed by atoms with Crippen LogP contribution in [0.3, 0.4) is 0 Å². The van der Waals surface area contributed by atoms with E-state index in [2.05, 4.69) is 16.8 Å². The molecule has 25 heavy (non-hydrogen) atoms. The van der Waals surface area contributed by atoms with Crippen molar-refractivity contribution in [2.45, 2.75) is 32.2 Å². The van der Waals surface area contributed by atoms with Crippen molar-refractivity contribution < 1.29 is 82.8 Å². The molecule has 0 saturated heterocycles. The second-order valence-corrected chi connectivity index (χ2v) is 7.29. The van der Waals surface area contributed by atoms with Gasteiger partial charge in [-0.1, -0.05) is 50.1 Å². The average Bonchev–Trinajstić information content (AvgIpc) is 2.51. The minimum atomic E-state index is -5.07. The number of benzene rings is 1. The van der Waals surface area contributed by atoms with Crippen LogP contribution in [0.15, 0.2) is 30.3 Å². The van der Waals surface area contributed by atoms with Gasteiger partial charge >= 0.3 is 59.1 Å². The predicted molar refractivity (Wildman–Crippen MR) is 87.7 cm³/mol. The number of carbonyl (C=O) groups is 1. The number of phosphoric ester groups is 1. The van der Waals surface area contributed by atoms with Gasteiger partial charge < -0.3 is 24.2 Å². The average molecular weight is 405 g/mol. The summed E-state index contributed by atoms with van der Waals surface area (Å²) in [4.78, 5) is 33.3. The van der Waals surface area contributed by atoms with E-state index in [4.69, 9.17) is 0 Å². The molecule has 1 atom stereocenters. The number of phosphoric acid groups is 1. The Labute approximate surface area is 198 Å². The monoisotopic (exact) mass is 405 g/mol. The Morgan fingerprint density at radius 1 is 1.24 bits per heavy atom. The van der Waals surface area contributed by atoms with Gasteiger partial charge in [0, 0.05) is 0 Å². The van der Waals surface area contributed by atoms with Crippen molar-refractivity contribution in [1.82, 2.24) is 5.32 Å². The van der Waals surface area contributed by atoms with Crippen LogP contribution in [-0.4, -0.2) is 24.0 Å². The van der Waals surface area contributed by atoms with E-state index in [1.807, 2.05) is 0 Å². The maximum absolute atomic E-state index is 12.0. The number of rotatable bonds is 11. The summed E-state index contributed by atoms with van der Waals surface area (Å²) in [7, 11) is -5.07. The Bertz CT molecular complexity index is 518. The molecule has 0 saturated carbocycles. The first kappa shape index (κ1) is 28.4. The Hall–Kier alpha value is 1.15. The molecule has 1 amide bonds. The van der Waals surface area contributed by atoms with Gasteiger partial charge in [-0.05, 0) is 17.7 Å². The van der Waals surface area contributed by atoms with Crippen LogP contribution in [0, 0.1) is 0 Å². The second-order valence-electron chi connectivity index (χ2n) is 5.03. The summed E-state index contributed by atoms with van der Waals surface area (Å²) in [6, 6.07) is 8.14. The van der Waals surface area contributed by atoms with Gasteiger partial charge in [0.15, 0.2) is 0 Å². The van der Waals surface area contributed by atoms with Crippen LogP contribution >= 0.6 is 19.6 Å². The topological polar surface area (TPSA) is 102 Å². The third-order valence-electron chi connectivity index (χ3n) is 3.06. The molecule has 0 unspecified atom stereocenters. The van der Waals surface area contributed by atoms with E-state index in [0.29, 0.717) is 11.3 Å². The fraction of sp³-hybridized carbons (Fsp3) is 0.533. The molecule has 0 heterocycles. The number of nitrogens with one attached hydrogen (secondary N) is 1. The number of hydrogen-bond acceptors (Lipinski definition) is 6. The normalized spacial score (nSPS) is 11.8. The summed E-state index contributed by atoms with van der Waals surface area (Å²) in [5.41, 5.74) is 0.685. The van der Waals surface area contributed by atoms with Crippen LogP contribution in [0.25, 0.3) is 0 Å². The molecular formula is C15H22NNa2O5PS. The standard InChI is InChI=1S/C15H24NO5PS.2Na/c1-2-3-7-10-23-12-15(17)16-14(11-21-22(18,19)20)13-8-5-4-6-9-13;;/h4-6,8-9,14H,2-3,7,10-12H2,1H3,(H,16,17)(H2,18,19,20);;/q;2*+1/p-2/t14-;;/m0../s1. The maximum atomic E-state index is 12.0. The molecule has 0 aliphatic carbocycles. The van der Waals surface area contributed by atoms with Crippen LogP contribution in [0.5, 0.6) is 0 Å². The molecule has 0 aliphatic rings. The number of hydrogen-bond donors (Lipinski definition) is 1. The molecule has 0 bridgehead atoms. The molecule has 1 rings (SSSR count). The molecular weight excluding hydrogens is 383 g/mol. The number of amides is 1. The van der Waals surface area contributed by atoms with Crippen molar-refractivity contribution in [3.05, 3.63) is 35.9 Å². The Balaban J connectivity index is 0. The minimum Gasteiger partial charge on any atom is -0.790 e. The molecule has 0 fully saturated rings. The minimum absolute atomic E-state index is 0. The van der Waals surface area contributed by atoms with E-state index in [1.165, 1.54) is 11.8 Å². The molecule has 1 N–H and O–H groups in total. The van der Waals surface area contributed by atoms with Crippen molar-refractivity contribution in [2.75, 3.05) is 18.1 Å². The molecule has 0 spiro atoms. The van der Waals surface area contributed by atoms with Crippen LogP contribution in [0.2, 0.25) is 0 Å². The van der Waals surface area contributed by atoms with Gasteiger partial charge in [0.25, 0.3) is 0 Å². The van der Waals surface area contributed by atoms with Gasteiger partial charge in [-0.15, -0.1) is 0 Å². The molecule has 0 radical (unpaired) electrons.